The topological polar surface area (TPSA) is 204 Å². The first-order valence-corrected chi connectivity index (χ1v) is 8.36. The molecule has 1 rings (SSSR count). The minimum Gasteiger partial charge on any atom is -0.467 e. The molecule has 0 saturated carbocycles. The van der Waals surface area contributed by atoms with Crippen molar-refractivity contribution in [3.05, 3.63) is 0 Å². The van der Waals surface area contributed by atoms with E-state index in [1.807, 2.05) is 0 Å². The van der Waals surface area contributed by atoms with Crippen molar-refractivity contribution in [3.63, 3.8) is 0 Å². The van der Waals surface area contributed by atoms with Crippen molar-refractivity contribution in [2.45, 2.75) is 49.7 Å². The Hall–Kier alpha value is -1.87. The van der Waals surface area contributed by atoms with Gasteiger partial charge in [0.2, 0.25) is 11.8 Å². The zero-order chi connectivity index (χ0) is 21.4. The van der Waals surface area contributed by atoms with Gasteiger partial charge in [-0.25, -0.2) is 4.79 Å². The lowest BCUT2D eigenvalue weighted by Gasteiger charge is -2.19. The van der Waals surface area contributed by atoms with Crippen LogP contribution in [-0.2, 0) is 28.6 Å². The standard InChI is InChI=1S/C15H26N2O11/c1-6(13(24)17-7(3-18)14(25)26-2)16-9(21)5-27-15-11(23)10(22)12(28-15)8(20)4-19/h6-8,10-12,15,18-20,22-23H,3-5H2,1-2H3,(H,16,21)(H,17,24)/t6-,7+,8-,10-,11+,12-,15+/m1/s1. The van der Waals surface area contributed by atoms with Crippen LogP contribution < -0.4 is 10.6 Å². The Bertz CT molecular complexity index is 546. The van der Waals surface area contributed by atoms with E-state index >= 15 is 0 Å². The summed E-state index contributed by atoms with van der Waals surface area (Å²) in [6, 6.07) is -2.38. The average Bonchev–Trinajstić information content (AvgIpc) is 2.97. The number of hydrogen-bond acceptors (Lipinski definition) is 11. The summed E-state index contributed by atoms with van der Waals surface area (Å²) in [6.07, 6.45) is -7.29. The van der Waals surface area contributed by atoms with Crippen molar-refractivity contribution in [2.24, 2.45) is 0 Å². The van der Waals surface area contributed by atoms with Gasteiger partial charge in [-0.05, 0) is 6.92 Å². The van der Waals surface area contributed by atoms with Gasteiger partial charge in [-0.3, -0.25) is 9.59 Å². The Morgan fingerprint density at radius 3 is 2.29 bits per heavy atom. The number of carbonyl (C=O) groups is 3. The monoisotopic (exact) mass is 410 g/mol. The highest BCUT2D eigenvalue weighted by Crippen LogP contribution is 2.24. The lowest BCUT2D eigenvalue weighted by atomic mass is 10.1. The van der Waals surface area contributed by atoms with Gasteiger partial charge in [0, 0.05) is 0 Å². The first-order valence-electron chi connectivity index (χ1n) is 8.36. The van der Waals surface area contributed by atoms with E-state index < -0.39 is 80.4 Å². The average molecular weight is 410 g/mol. The number of ether oxygens (including phenoxy) is 3. The molecule has 7 atom stereocenters. The van der Waals surface area contributed by atoms with Crippen molar-refractivity contribution >= 4 is 17.8 Å². The SMILES string of the molecule is COC(=O)[C@H](CO)NC(=O)[C@@H](C)NC(=O)CO[C@H]1O[C@H]([C@H](O)CO)[C@H](O)[C@@H]1O. The van der Waals surface area contributed by atoms with E-state index in [1.54, 1.807) is 0 Å². The summed E-state index contributed by atoms with van der Waals surface area (Å²) in [5.74, 6) is -2.41. The molecular formula is C15H26N2O11. The molecule has 1 fully saturated rings. The fourth-order valence-electron chi connectivity index (χ4n) is 2.36. The first-order chi connectivity index (χ1) is 13.2. The third-order valence-electron chi connectivity index (χ3n) is 3.96. The van der Waals surface area contributed by atoms with Crippen LogP contribution in [0.15, 0.2) is 0 Å². The Morgan fingerprint density at radius 1 is 1.11 bits per heavy atom. The molecule has 0 spiro atoms. The third-order valence-corrected chi connectivity index (χ3v) is 3.96. The van der Waals surface area contributed by atoms with Crippen LogP contribution in [0.4, 0.5) is 0 Å². The van der Waals surface area contributed by atoms with Crippen LogP contribution in [0, 0.1) is 0 Å². The largest absolute Gasteiger partial charge is 0.467 e. The maximum atomic E-state index is 11.9. The van der Waals surface area contributed by atoms with Gasteiger partial charge in [0.25, 0.3) is 0 Å². The molecule has 1 aliphatic rings. The van der Waals surface area contributed by atoms with Gasteiger partial charge in [0.1, 0.15) is 37.1 Å². The van der Waals surface area contributed by atoms with Crippen LogP contribution in [0.2, 0.25) is 0 Å². The van der Waals surface area contributed by atoms with Crippen molar-refractivity contribution in [3.8, 4) is 0 Å². The van der Waals surface area contributed by atoms with Gasteiger partial charge in [-0.1, -0.05) is 0 Å². The smallest absolute Gasteiger partial charge is 0.330 e. The molecular weight excluding hydrogens is 384 g/mol. The predicted molar refractivity (Wildman–Crippen MR) is 88.4 cm³/mol. The lowest BCUT2D eigenvalue weighted by molar-refractivity contribution is -0.184. The van der Waals surface area contributed by atoms with Gasteiger partial charge < -0.3 is 50.4 Å². The molecule has 1 saturated heterocycles. The van der Waals surface area contributed by atoms with Gasteiger partial charge in [0.05, 0.1) is 20.3 Å². The molecule has 0 aliphatic carbocycles. The second kappa shape index (κ2) is 11.2. The molecule has 1 heterocycles. The second-order valence-corrected chi connectivity index (χ2v) is 6.07. The van der Waals surface area contributed by atoms with Gasteiger partial charge in [-0.2, -0.15) is 0 Å². The minimum absolute atomic E-state index is 0.658. The van der Waals surface area contributed by atoms with Gasteiger partial charge in [-0.15, -0.1) is 0 Å². The Kier molecular flexibility index (Phi) is 9.68. The molecule has 0 aromatic rings. The Balaban J connectivity index is 2.47. The van der Waals surface area contributed by atoms with Gasteiger partial charge >= 0.3 is 5.97 Å². The van der Waals surface area contributed by atoms with E-state index in [2.05, 4.69) is 15.4 Å². The maximum Gasteiger partial charge on any atom is 0.330 e. The molecule has 2 amide bonds. The molecule has 0 aromatic heterocycles. The summed E-state index contributed by atoms with van der Waals surface area (Å²) in [5.41, 5.74) is 0. The van der Waals surface area contributed by atoms with Crippen LogP contribution in [-0.4, -0.2) is 113 Å². The molecule has 0 aromatic carbocycles. The highest BCUT2D eigenvalue weighted by molar-refractivity contribution is 5.90. The van der Waals surface area contributed by atoms with E-state index in [9.17, 15) is 29.7 Å². The molecule has 7 N–H and O–H groups in total. The number of methoxy groups -OCH3 is 1. The first kappa shape index (κ1) is 24.2. The summed E-state index contributed by atoms with van der Waals surface area (Å²) in [5, 5.41) is 51.4. The van der Waals surface area contributed by atoms with Crippen molar-refractivity contribution < 1.29 is 54.1 Å². The van der Waals surface area contributed by atoms with Crippen LogP contribution >= 0.6 is 0 Å². The summed E-state index contributed by atoms with van der Waals surface area (Å²) in [4.78, 5) is 35.1. The van der Waals surface area contributed by atoms with E-state index in [-0.39, 0.29) is 0 Å². The van der Waals surface area contributed by atoms with Crippen molar-refractivity contribution in [2.75, 3.05) is 26.9 Å². The number of aliphatic hydroxyl groups is 5. The van der Waals surface area contributed by atoms with E-state index in [0.717, 1.165) is 7.11 Å². The van der Waals surface area contributed by atoms with Crippen LogP contribution in [0.3, 0.4) is 0 Å². The normalized spacial score (nSPS) is 27.5. The number of amides is 2. The summed E-state index contributed by atoms with van der Waals surface area (Å²) in [7, 11) is 1.08. The van der Waals surface area contributed by atoms with E-state index in [0.29, 0.717) is 0 Å². The number of nitrogens with one attached hydrogen (secondary N) is 2. The van der Waals surface area contributed by atoms with Gasteiger partial charge in [0.15, 0.2) is 12.3 Å². The number of hydrogen-bond donors (Lipinski definition) is 7. The zero-order valence-electron chi connectivity index (χ0n) is 15.3. The lowest BCUT2D eigenvalue weighted by Crippen LogP contribution is -2.52. The molecule has 1 aliphatic heterocycles. The zero-order valence-corrected chi connectivity index (χ0v) is 15.3. The Labute approximate surface area is 160 Å². The fourth-order valence-corrected chi connectivity index (χ4v) is 2.36. The molecule has 28 heavy (non-hydrogen) atoms. The molecule has 162 valence electrons. The van der Waals surface area contributed by atoms with Crippen LogP contribution in [0.1, 0.15) is 6.92 Å². The fraction of sp³-hybridized carbons (Fsp3) is 0.800. The molecule has 0 unspecified atom stereocenters. The van der Waals surface area contributed by atoms with Crippen molar-refractivity contribution in [1.29, 1.82) is 0 Å². The summed E-state index contributed by atoms with van der Waals surface area (Å²) in [6.45, 7) is -0.747. The molecule has 13 heteroatoms. The number of rotatable bonds is 10. The van der Waals surface area contributed by atoms with Crippen LogP contribution in [0.25, 0.3) is 0 Å². The number of carbonyl (C=O) groups excluding carboxylic acids is 3. The Morgan fingerprint density at radius 2 is 1.75 bits per heavy atom. The van der Waals surface area contributed by atoms with E-state index in [4.69, 9.17) is 19.7 Å². The van der Waals surface area contributed by atoms with Crippen molar-refractivity contribution in [1.82, 2.24) is 10.6 Å². The van der Waals surface area contributed by atoms with E-state index in [1.165, 1.54) is 6.92 Å². The van der Waals surface area contributed by atoms with Crippen LogP contribution in [0.5, 0.6) is 0 Å². The predicted octanol–water partition coefficient (Wildman–Crippen LogP) is -5.04. The maximum absolute atomic E-state index is 11.9. The number of aliphatic hydroxyl groups excluding tert-OH is 5. The quantitative estimate of drug-likeness (QED) is 0.170. The highest BCUT2D eigenvalue weighted by atomic mass is 16.7. The second-order valence-electron chi connectivity index (χ2n) is 6.07. The molecule has 0 radical (unpaired) electrons. The summed E-state index contributed by atoms with van der Waals surface area (Å²) >= 11 is 0. The summed E-state index contributed by atoms with van der Waals surface area (Å²) < 4.78 is 14.5. The molecule has 0 bridgehead atoms. The molecule has 13 nitrogen and oxygen atoms in total. The third kappa shape index (κ3) is 6.34. The highest BCUT2D eigenvalue weighted by Gasteiger charge is 2.46. The minimum atomic E-state index is -1.56. The number of esters is 1.